The van der Waals surface area contributed by atoms with Crippen molar-refractivity contribution in [1.82, 2.24) is 4.72 Å². The van der Waals surface area contributed by atoms with Gasteiger partial charge in [0.05, 0.1) is 17.4 Å². The number of nitrogens with one attached hydrogen (secondary N) is 2. The Balaban J connectivity index is 2.79. The SMILES string of the molecule is C=S1(=C)NCNc2cc(Cl)c(S(N)(=O)=O)cc21. The van der Waals surface area contributed by atoms with Gasteiger partial charge in [0.15, 0.2) is 0 Å². The Hall–Kier alpha value is -0.730. The third-order valence-corrected chi connectivity index (χ3v) is 5.64. The molecule has 94 valence electrons. The first-order valence-corrected chi connectivity index (χ1v) is 8.46. The predicted octanol–water partition coefficient (Wildman–Crippen LogP) is 0.903. The van der Waals surface area contributed by atoms with E-state index in [1.165, 1.54) is 12.1 Å². The molecule has 1 aromatic carbocycles. The minimum Gasteiger partial charge on any atom is -0.371 e. The molecule has 0 saturated carbocycles. The molecule has 0 spiro atoms. The average Bonchev–Trinajstić information content (AvgIpc) is 2.13. The molecule has 4 N–H and O–H groups in total. The van der Waals surface area contributed by atoms with Crippen LogP contribution < -0.4 is 15.2 Å². The van der Waals surface area contributed by atoms with Gasteiger partial charge >= 0.3 is 0 Å². The Morgan fingerprint density at radius 3 is 2.65 bits per heavy atom. The van der Waals surface area contributed by atoms with E-state index in [2.05, 4.69) is 21.8 Å². The number of primary sulfonamides is 1. The van der Waals surface area contributed by atoms with Crippen LogP contribution in [0.2, 0.25) is 5.02 Å². The number of halogens is 1. The Morgan fingerprint density at radius 1 is 1.41 bits per heavy atom. The first kappa shape index (κ1) is 12.7. The van der Waals surface area contributed by atoms with E-state index in [0.717, 1.165) is 5.69 Å². The van der Waals surface area contributed by atoms with E-state index in [1.54, 1.807) is 0 Å². The van der Waals surface area contributed by atoms with Gasteiger partial charge in [-0.05, 0) is 12.1 Å². The predicted molar refractivity (Wildman–Crippen MR) is 74.5 cm³/mol. The van der Waals surface area contributed by atoms with E-state index in [0.29, 0.717) is 11.6 Å². The lowest BCUT2D eigenvalue weighted by Gasteiger charge is -2.27. The minimum absolute atomic E-state index is 0.0934. The smallest absolute Gasteiger partial charge is 0.239 e. The average molecular weight is 294 g/mol. The van der Waals surface area contributed by atoms with Crippen LogP contribution in [0.1, 0.15) is 0 Å². The Bertz CT molecular complexity index is 680. The first-order chi connectivity index (χ1) is 7.72. The molecule has 2 rings (SSSR count). The fourth-order valence-corrected chi connectivity index (χ4v) is 4.13. The number of hydrogen-bond acceptors (Lipinski definition) is 4. The topological polar surface area (TPSA) is 84.2 Å². The van der Waals surface area contributed by atoms with Crippen LogP contribution in [0, 0.1) is 0 Å². The number of benzene rings is 1. The molecule has 0 amide bonds. The molecular weight excluding hydrogens is 282 g/mol. The van der Waals surface area contributed by atoms with Gasteiger partial charge in [-0.1, -0.05) is 23.3 Å². The van der Waals surface area contributed by atoms with Crippen molar-refractivity contribution in [3.05, 3.63) is 17.2 Å². The Labute approximate surface area is 106 Å². The number of hydrogen-bond donors (Lipinski definition) is 3. The van der Waals surface area contributed by atoms with Crippen LogP contribution in [0.3, 0.4) is 0 Å². The van der Waals surface area contributed by atoms with Gasteiger partial charge in [0, 0.05) is 4.90 Å². The van der Waals surface area contributed by atoms with Gasteiger partial charge in [-0.15, -0.1) is 9.39 Å². The second-order valence-corrected chi connectivity index (χ2v) is 8.14. The molecule has 0 atom stereocenters. The van der Waals surface area contributed by atoms with Crippen molar-refractivity contribution in [3.8, 4) is 0 Å². The molecule has 0 aliphatic carbocycles. The van der Waals surface area contributed by atoms with Crippen LogP contribution in [-0.4, -0.2) is 26.8 Å². The molecule has 1 aromatic rings. The van der Waals surface area contributed by atoms with Crippen LogP contribution >= 0.6 is 21.0 Å². The van der Waals surface area contributed by atoms with Crippen molar-refractivity contribution in [3.63, 3.8) is 0 Å². The molecule has 1 aliphatic heterocycles. The minimum atomic E-state index is -3.85. The van der Waals surface area contributed by atoms with Crippen molar-refractivity contribution >= 4 is 48.4 Å². The molecule has 8 heteroatoms. The van der Waals surface area contributed by atoms with Crippen molar-refractivity contribution in [2.75, 3.05) is 12.0 Å². The molecule has 0 saturated heterocycles. The van der Waals surface area contributed by atoms with Crippen LogP contribution in [0.15, 0.2) is 21.9 Å². The van der Waals surface area contributed by atoms with E-state index in [1.807, 2.05) is 0 Å². The Kier molecular flexibility index (Phi) is 2.91. The molecule has 5 nitrogen and oxygen atoms in total. The summed E-state index contributed by atoms with van der Waals surface area (Å²) in [5, 5.41) is 8.24. The highest BCUT2D eigenvalue weighted by Gasteiger charge is 2.20. The second-order valence-electron chi connectivity index (χ2n) is 3.71. The van der Waals surface area contributed by atoms with E-state index in [9.17, 15) is 8.42 Å². The molecular formula is C9H12ClN3O2S2. The van der Waals surface area contributed by atoms with Gasteiger partial charge in [0.25, 0.3) is 0 Å². The first-order valence-electron chi connectivity index (χ1n) is 4.56. The lowest BCUT2D eigenvalue weighted by atomic mass is 10.3. The largest absolute Gasteiger partial charge is 0.371 e. The molecule has 0 unspecified atom stereocenters. The summed E-state index contributed by atoms with van der Waals surface area (Å²) in [5.41, 5.74) is 0.737. The zero-order chi connectivity index (χ0) is 12.8. The van der Waals surface area contributed by atoms with E-state index in [-0.39, 0.29) is 9.92 Å². The third-order valence-electron chi connectivity index (χ3n) is 2.39. The standard InChI is InChI=1S/C9H12ClN3O2S2/c1-16(2)9-4-8(17(11,14)15)6(10)3-7(9)12-5-13-16/h3-4,12-13H,1-2,5H2,(H2,11,14,15). The monoisotopic (exact) mass is 293 g/mol. The van der Waals surface area contributed by atoms with Crippen LogP contribution in [0.25, 0.3) is 0 Å². The zero-order valence-electron chi connectivity index (χ0n) is 8.86. The van der Waals surface area contributed by atoms with Crippen LogP contribution in [0.4, 0.5) is 5.69 Å². The summed E-state index contributed by atoms with van der Waals surface area (Å²) in [6, 6.07) is 2.97. The second kappa shape index (κ2) is 3.89. The van der Waals surface area contributed by atoms with E-state index >= 15 is 0 Å². The summed E-state index contributed by atoms with van der Waals surface area (Å²) in [6.07, 6.45) is 0. The Morgan fingerprint density at radius 2 is 2.06 bits per heavy atom. The lowest BCUT2D eigenvalue weighted by Crippen LogP contribution is -2.25. The maximum absolute atomic E-state index is 11.4. The van der Waals surface area contributed by atoms with Gasteiger partial charge in [-0.25, -0.2) is 13.6 Å². The van der Waals surface area contributed by atoms with Gasteiger partial charge in [0.1, 0.15) is 4.90 Å². The van der Waals surface area contributed by atoms with Crippen molar-refractivity contribution in [2.24, 2.45) is 5.14 Å². The van der Waals surface area contributed by atoms with E-state index in [4.69, 9.17) is 16.7 Å². The van der Waals surface area contributed by atoms with Crippen molar-refractivity contribution in [1.29, 1.82) is 0 Å². The summed E-state index contributed by atoms with van der Waals surface area (Å²) in [5.74, 6) is 7.93. The maximum atomic E-state index is 11.4. The van der Waals surface area contributed by atoms with Gasteiger partial charge < -0.3 is 5.32 Å². The summed E-state index contributed by atoms with van der Waals surface area (Å²) >= 11 is 5.89. The van der Waals surface area contributed by atoms with Gasteiger partial charge in [-0.2, -0.15) is 0 Å². The highest BCUT2D eigenvalue weighted by molar-refractivity contribution is 8.26. The molecule has 0 bridgehead atoms. The molecule has 0 radical (unpaired) electrons. The number of rotatable bonds is 1. The summed E-state index contributed by atoms with van der Waals surface area (Å²) < 4.78 is 25.8. The summed E-state index contributed by atoms with van der Waals surface area (Å²) in [7, 11) is -5.58. The molecule has 0 aromatic heterocycles. The summed E-state index contributed by atoms with van der Waals surface area (Å²) in [4.78, 5) is 0.588. The molecule has 0 fully saturated rings. The van der Waals surface area contributed by atoms with Crippen LogP contribution in [-0.2, 0) is 10.0 Å². The lowest BCUT2D eigenvalue weighted by molar-refractivity contribution is 0.597. The number of nitrogens with two attached hydrogens (primary N) is 1. The van der Waals surface area contributed by atoms with Crippen LogP contribution in [0.5, 0.6) is 0 Å². The normalized spacial score (nSPS) is 18.2. The van der Waals surface area contributed by atoms with Gasteiger partial charge in [-0.3, -0.25) is 4.72 Å². The summed E-state index contributed by atoms with van der Waals surface area (Å²) in [6.45, 7) is 0.514. The zero-order valence-corrected chi connectivity index (χ0v) is 11.3. The third kappa shape index (κ3) is 2.29. The highest BCUT2D eigenvalue weighted by Crippen LogP contribution is 2.41. The molecule has 17 heavy (non-hydrogen) atoms. The molecule has 1 aliphatic rings. The number of anilines is 1. The number of sulfonamides is 1. The van der Waals surface area contributed by atoms with Crippen molar-refractivity contribution < 1.29 is 8.42 Å². The molecule has 1 heterocycles. The quantitative estimate of drug-likeness (QED) is 0.672. The van der Waals surface area contributed by atoms with E-state index < -0.39 is 19.4 Å². The fourth-order valence-electron chi connectivity index (χ4n) is 1.56. The van der Waals surface area contributed by atoms with Gasteiger partial charge in [0.2, 0.25) is 10.0 Å². The van der Waals surface area contributed by atoms with Crippen molar-refractivity contribution in [2.45, 2.75) is 9.79 Å². The fraction of sp³-hybridized carbons (Fsp3) is 0.111. The highest BCUT2D eigenvalue weighted by atomic mass is 35.5. The number of fused-ring (bicyclic) bond motifs is 1. The maximum Gasteiger partial charge on any atom is 0.239 e.